The Kier molecular flexibility index (Phi) is 8.02. The molecule has 0 aromatic carbocycles. The van der Waals surface area contributed by atoms with Crippen molar-refractivity contribution in [2.24, 2.45) is 0 Å². The van der Waals surface area contributed by atoms with Gasteiger partial charge >= 0.3 is 0 Å². The fourth-order valence-corrected chi connectivity index (χ4v) is 0.846. The van der Waals surface area contributed by atoms with Crippen LogP contribution >= 0.6 is 0 Å². The second kappa shape index (κ2) is 8.47. The minimum absolute atomic E-state index is 0.199. The standard InChI is InChI=1S/C10H18O2/c1-3-5-6-7-10(11)9-12-8-4-2/h3H,1,4-9H2,2H3. The van der Waals surface area contributed by atoms with Gasteiger partial charge in [0, 0.05) is 13.0 Å². The molecule has 2 heteroatoms. The molecule has 0 atom stereocenters. The van der Waals surface area contributed by atoms with Crippen LogP contribution in [-0.4, -0.2) is 19.0 Å². The van der Waals surface area contributed by atoms with Gasteiger partial charge in [0.2, 0.25) is 0 Å². The van der Waals surface area contributed by atoms with Gasteiger partial charge in [0.1, 0.15) is 6.61 Å². The summed E-state index contributed by atoms with van der Waals surface area (Å²) in [6.45, 7) is 6.59. The van der Waals surface area contributed by atoms with E-state index in [0.29, 0.717) is 13.0 Å². The van der Waals surface area contributed by atoms with Gasteiger partial charge in [0.15, 0.2) is 5.78 Å². The zero-order valence-corrected chi connectivity index (χ0v) is 7.84. The molecule has 0 spiro atoms. The maximum Gasteiger partial charge on any atom is 0.158 e. The Hall–Kier alpha value is -0.630. The normalized spacial score (nSPS) is 9.75. The van der Waals surface area contributed by atoms with E-state index in [1.807, 2.05) is 13.0 Å². The Balaban J connectivity index is 3.15. The summed E-state index contributed by atoms with van der Waals surface area (Å²) >= 11 is 0. The molecule has 0 rings (SSSR count). The predicted octanol–water partition coefficient (Wildman–Crippen LogP) is 2.34. The van der Waals surface area contributed by atoms with Gasteiger partial charge in [-0.3, -0.25) is 4.79 Å². The maximum atomic E-state index is 11.0. The van der Waals surface area contributed by atoms with E-state index in [1.165, 1.54) is 0 Å². The second-order valence-electron chi connectivity index (χ2n) is 2.77. The lowest BCUT2D eigenvalue weighted by atomic mass is 10.2. The Morgan fingerprint density at radius 1 is 1.58 bits per heavy atom. The summed E-state index contributed by atoms with van der Waals surface area (Å²) in [5, 5.41) is 0. The number of carbonyl (C=O) groups is 1. The highest BCUT2D eigenvalue weighted by Crippen LogP contribution is 1.97. The van der Waals surface area contributed by atoms with E-state index in [1.54, 1.807) is 0 Å². The van der Waals surface area contributed by atoms with Crippen LogP contribution in [0.3, 0.4) is 0 Å². The van der Waals surface area contributed by atoms with Crippen molar-refractivity contribution in [1.29, 1.82) is 0 Å². The fraction of sp³-hybridized carbons (Fsp3) is 0.700. The molecule has 0 aromatic heterocycles. The van der Waals surface area contributed by atoms with Crippen molar-refractivity contribution >= 4 is 5.78 Å². The molecule has 0 aromatic rings. The molecule has 0 fully saturated rings. The van der Waals surface area contributed by atoms with Crippen molar-refractivity contribution in [3.05, 3.63) is 12.7 Å². The summed E-state index contributed by atoms with van der Waals surface area (Å²) in [5.74, 6) is 0.199. The van der Waals surface area contributed by atoms with Crippen LogP contribution in [0, 0.1) is 0 Å². The zero-order valence-electron chi connectivity index (χ0n) is 7.84. The van der Waals surface area contributed by atoms with Crippen LogP contribution in [0.1, 0.15) is 32.6 Å². The number of carbonyl (C=O) groups excluding carboxylic acids is 1. The summed E-state index contributed by atoms with van der Waals surface area (Å²) in [4.78, 5) is 11.0. The first-order valence-electron chi connectivity index (χ1n) is 4.51. The molecule has 0 saturated carbocycles. The van der Waals surface area contributed by atoms with Crippen LogP contribution in [0.2, 0.25) is 0 Å². The quantitative estimate of drug-likeness (QED) is 0.413. The number of Topliss-reactive ketones (excluding diaryl/α,β-unsaturated/α-hetero) is 1. The van der Waals surface area contributed by atoms with Gasteiger partial charge in [-0.15, -0.1) is 6.58 Å². The van der Waals surface area contributed by atoms with Crippen LogP contribution in [0.15, 0.2) is 12.7 Å². The van der Waals surface area contributed by atoms with Gasteiger partial charge in [-0.2, -0.15) is 0 Å². The van der Waals surface area contributed by atoms with Crippen LogP contribution in [0.4, 0.5) is 0 Å². The van der Waals surface area contributed by atoms with E-state index in [2.05, 4.69) is 6.58 Å². The number of hydrogen-bond acceptors (Lipinski definition) is 2. The van der Waals surface area contributed by atoms with Gasteiger partial charge in [-0.25, -0.2) is 0 Å². The summed E-state index contributed by atoms with van der Waals surface area (Å²) < 4.78 is 5.10. The first-order chi connectivity index (χ1) is 5.81. The molecule has 0 aliphatic carbocycles. The third-order valence-corrected chi connectivity index (χ3v) is 1.48. The summed E-state index contributed by atoms with van der Waals surface area (Å²) in [5.41, 5.74) is 0. The molecule has 0 saturated heterocycles. The minimum Gasteiger partial charge on any atom is -0.374 e. The first-order valence-corrected chi connectivity index (χ1v) is 4.51. The van der Waals surface area contributed by atoms with E-state index < -0.39 is 0 Å². The topological polar surface area (TPSA) is 26.3 Å². The average Bonchev–Trinajstić information content (AvgIpc) is 2.06. The highest BCUT2D eigenvalue weighted by Gasteiger charge is 1.99. The molecule has 0 amide bonds. The van der Waals surface area contributed by atoms with Gasteiger partial charge < -0.3 is 4.74 Å². The monoisotopic (exact) mass is 170 g/mol. The number of hydrogen-bond donors (Lipinski definition) is 0. The second-order valence-corrected chi connectivity index (χ2v) is 2.77. The largest absolute Gasteiger partial charge is 0.374 e. The molecule has 0 radical (unpaired) electrons. The zero-order chi connectivity index (χ0) is 9.23. The summed E-state index contributed by atoms with van der Waals surface area (Å²) in [6.07, 6.45) is 5.24. The number of allylic oxidation sites excluding steroid dienone is 1. The average molecular weight is 170 g/mol. The van der Waals surface area contributed by atoms with E-state index in [0.717, 1.165) is 19.3 Å². The molecule has 0 aliphatic heterocycles. The lowest BCUT2D eigenvalue weighted by Crippen LogP contribution is -2.08. The van der Waals surface area contributed by atoms with Crippen molar-refractivity contribution in [2.45, 2.75) is 32.6 Å². The number of unbranched alkanes of at least 4 members (excludes halogenated alkanes) is 1. The van der Waals surface area contributed by atoms with E-state index in [9.17, 15) is 4.79 Å². The Morgan fingerprint density at radius 2 is 2.33 bits per heavy atom. The molecule has 12 heavy (non-hydrogen) atoms. The first kappa shape index (κ1) is 11.4. The Labute approximate surface area is 74.6 Å². The third-order valence-electron chi connectivity index (χ3n) is 1.48. The lowest BCUT2D eigenvalue weighted by Gasteiger charge is -2.00. The minimum atomic E-state index is 0.199. The number of rotatable bonds is 8. The molecule has 0 bridgehead atoms. The van der Waals surface area contributed by atoms with Crippen molar-refractivity contribution in [3.8, 4) is 0 Å². The van der Waals surface area contributed by atoms with Gasteiger partial charge in [0.25, 0.3) is 0 Å². The highest BCUT2D eigenvalue weighted by molar-refractivity contribution is 5.79. The highest BCUT2D eigenvalue weighted by atomic mass is 16.5. The summed E-state index contributed by atoms with van der Waals surface area (Å²) in [6, 6.07) is 0. The fourth-order valence-electron chi connectivity index (χ4n) is 0.846. The van der Waals surface area contributed by atoms with Crippen LogP contribution in [-0.2, 0) is 9.53 Å². The molecule has 70 valence electrons. The van der Waals surface area contributed by atoms with E-state index >= 15 is 0 Å². The van der Waals surface area contributed by atoms with Crippen LogP contribution < -0.4 is 0 Å². The van der Waals surface area contributed by atoms with Crippen molar-refractivity contribution < 1.29 is 9.53 Å². The van der Waals surface area contributed by atoms with Gasteiger partial charge in [0.05, 0.1) is 0 Å². The Bertz CT molecular complexity index is 130. The third kappa shape index (κ3) is 7.48. The Morgan fingerprint density at radius 3 is 2.92 bits per heavy atom. The smallest absolute Gasteiger partial charge is 0.158 e. The molecule has 0 unspecified atom stereocenters. The molecular formula is C10H18O2. The van der Waals surface area contributed by atoms with E-state index in [-0.39, 0.29) is 12.4 Å². The predicted molar refractivity (Wildman–Crippen MR) is 50.2 cm³/mol. The van der Waals surface area contributed by atoms with Crippen LogP contribution in [0.5, 0.6) is 0 Å². The number of ketones is 1. The number of ether oxygens (including phenoxy) is 1. The summed E-state index contributed by atoms with van der Waals surface area (Å²) in [7, 11) is 0. The molecule has 2 nitrogen and oxygen atoms in total. The van der Waals surface area contributed by atoms with Crippen LogP contribution in [0.25, 0.3) is 0 Å². The molecular weight excluding hydrogens is 152 g/mol. The van der Waals surface area contributed by atoms with Crippen molar-refractivity contribution in [1.82, 2.24) is 0 Å². The van der Waals surface area contributed by atoms with E-state index in [4.69, 9.17) is 4.74 Å². The van der Waals surface area contributed by atoms with Crippen molar-refractivity contribution in [3.63, 3.8) is 0 Å². The SMILES string of the molecule is C=CCCCC(=O)COCCC. The van der Waals surface area contributed by atoms with Crippen molar-refractivity contribution in [2.75, 3.05) is 13.2 Å². The maximum absolute atomic E-state index is 11.0. The molecule has 0 heterocycles. The molecule has 0 N–H and O–H groups in total. The molecule has 0 aliphatic rings. The van der Waals surface area contributed by atoms with Gasteiger partial charge in [-0.05, 0) is 19.3 Å². The van der Waals surface area contributed by atoms with Gasteiger partial charge in [-0.1, -0.05) is 13.0 Å². The lowest BCUT2D eigenvalue weighted by molar-refractivity contribution is -0.123.